The lowest BCUT2D eigenvalue weighted by Gasteiger charge is -2.20. The van der Waals surface area contributed by atoms with Crippen LogP contribution in [0.3, 0.4) is 0 Å². The summed E-state index contributed by atoms with van der Waals surface area (Å²) in [5, 5.41) is 0. The third-order valence-electron chi connectivity index (χ3n) is 4.29. The molecule has 0 saturated heterocycles. The van der Waals surface area contributed by atoms with Gasteiger partial charge in [0.2, 0.25) is 0 Å². The van der Waals surface area contributed by atoms with E-state index < -0.39 is 0 Å². The van der Waals surface area contributed by atoms with Crippen molar-refractivity contribution in [3.05, 3.63) is 0 Å². The molecule has 0 bridgehead atoms. The highest BCUT2D eigenvalue weighted by Gasteiger charge is 2.16. The van der Waals surface area contributed by atoms with Gasteiger partial charge in [0, 0.05) is 26.6 Å². The standard InChI is InChI=1S/C20H38O5/c1-15(2)14-17(4)24-19(21)10-8-7-9-11-20(22)25-18(5)16(3)12-13-23-6/h15-18H,7-14H2,1-6H3. The van der Waals surface area contributed by atoms with Crippen LogP contribution in [0.1, 0.15) is 79.6 Å². The van der Waals surface area contributed by atoms with Crippen LogP contribution in [0.2, 0.25) is 0 Å². The van der Waals surface area contributed by atoms with Crippen molar-refractivity contribution in [2.45, 2.75) is 91.8 Å². The Labute approximate surface area is 153 Å². The number of hydrogen-bond acceptors (Lipinski definition) is 5. The van der Waals surface area contributed by atoms with Gasteiger partial charge in [-0.2, -0.15) is 0 Å². The number of rotatable bonds is 14. The number of methoxy groups -OCH3 is 1. The minimum absolute atomic E-state index is 0.0240. The lowest BCUT2D eigenvalue weighted by atomic mass is 10.0. The number of hydrogen-bond donors (Lipinski definition) is 0. The second-order valence-corrected chi connectivity index (χ2v) is 7.44. The van der Waals surface area contributed by atoms with Crippen molar-refractivity contribution in [1.82, 2.24) is 0 Å². The topological polar surface area (TPSA) is 61.8 Å². The maximum Gasteiger partial charge on any atom is 0.306 e. The summed E-state index contributed by atoms with van der Waals surface area (Å²) in [6.45, 7) is 10.8. The van der Waals surface area contributed by atoms with E-state index in [9.17, 15) is 9.59 Å². The molecule has 3 unspecified atom stereocenters. The second kappa shape index (κ2) is 14.1. The summed E-state index contributed by atoms with van der Waals surface area (Å²) in [5.41, 5.74) is 0. The first-order valence-electron chi connectivity index (χ1n) is 9.64. The molecule has 0 aliphatic heterocycles. The fourth-order valence-electron chi connectivity index (χ4n) is 2.63. The summed E-state index contributed by atoms with van der Waals surface area (Å²) in [6, 6.07) is 0. The number of esters is 2. The molecular formula is C20H38O5. The van der Waals surface area contributed by atoms with E-state index in [-0.39, 0.29) is 30.1 Å². The number of ether oxygens (including phenoxy) is 3. The van der Waals surface area contributed by atoms with Crippen molar-refractivity contribution < 1.29 is 23.8 Å². The summed E-state index contributed by atoms with van der Waals surface area (Å²) >= 11 is 0. The molecule has 0 radical (unpaired) electrons. The molecule has 0 heterocycles. The molecule has 0 aromatic carbocycles. The molecule has 0 rings (SSSR count). The molecule has 0 fully saturated rings. The number of carbonyl (C=O) groups excluding carboxylic acids is 2. The van der Waals surface area contributed by atoms with Crippen molar-refractivity contribution in [1.29, 1.82) is 0 Å². The molecule has 0 aromatic rings. The zero-order chi connectivity index (χ0) is 19.2. The SMILES string of the molecule is COCCC(C)C(C)OC(=O)CCCCCC(=O)OC(C)CC(C)C. The normalized spacial score (nSPS) is 14.8. The molecule has 0 spiro atoms. The zero-order valence-electron chi connectivity index (χ0n) is 17.0. The largest absolute Gasteiger partial charge is 0.463 e. The van der Waals surface area contributed by atoms with Gasteiger partial charge in [-0.25, -0.2) is 0 Å². The third kappa shape index (κ3) is 13.8. The van der Waals surface area contributed by atoms with Gasteiger partial charge in [-0.3, -0.25) is 9.59 Å². The molecule has 0 aliphatic rings. The lowest BCUT2D eigenvalue weighted by Crippen LogP contribution is -2.23. The summed E-state index contributed by atoms with van der Waals surface area (Å²) in [5.74, 6) is 0.501. The van der Waals surface area contributed by atoms with E-state index in [0.717, 1.165) is 32.1 Å². The number of carbonyl (C=O) groups is 2. The average molecular weight is 359 g/mol. The Kier molecular flexibility index (Phi) is 13.5. The summed E-state index contributed by atoms with van der Waals surface area (Å²) in [4.78, 5) is 23.5. The molecule has 0 aromatic heterocycles. The highest BCUT2D eigenvalue weighted by atomic mass is 16.5. The fourth-order valence-corrected chi connectivity index (χ4v) is 2.63. The minimum atomic E-state index is -0.162. The van der Waals surface area contributed by atoms with Gasteiger partial charge in [-0.1, -0.05) is 27.2 Å². The minimum Gasteiger partial charge on any atom is -0.463 e. The van der Waals surface area contributed by atoms with Gasteiger partial charge in [0.15, 0.2) is 0 Å². The van der Waals surface area contributed by atoms with E-state index in [1.165, 1.54) is 0 Å². The quantitative estimate of drug-likeness (QED) is 0.337. The first-order chi connectivity index (χ1) is 11.8. The molecule has 0 amide bonds. The predicted molar refractivity (Wildman–Crippen MR) is 99.3 cm³/mol. The first kappa shape index (κ1) is 23.9. The van der Waals surface area contributed by atoms with Gasteiger partial charge in [0.1, 0.15) is 6.10 Å². The highest BCUT2D eigenvalue weighted by Crippen LogP contribution is 2.14. The number of unbranched alkanes of at least 4 members (excludes halogenated alkanes) is 2. The van der Waals surface area contributed by atoms with Gasteiger partial charge in [-0.05, 0) is 51.4 Å². The van der Waals surface area contributed by atoms with Crippen molar-refractivity contribution in [3.63, 3.8) is 0 Å². The van der Waals surface area contributed by atoms with Crippen LogP contribution in [0.25, 0.3) is 0 Å². The van der Waals surface area contributed by atoms with E-state index in [2.05, 4.69) is 20.8 Å². The highest BCUT2D eigenvalue weighted by molar-refractivity contribution is 5.70. The van der Waals surface area contributed by atoms with Crippen LogP contribution in [0.15, 0.2) is 0 Å². The van der Waals surface area contributed by atoms with E-state index in [1.54, 1.807) is 7.11 Å². The molecular weight excluding hydrogens is 320 g/mol. The van der Waals surface area contributed by atoms with E-state index in [4.69, 9.17) is 14.2 Å². The van der Waals surface area contributed by atoms with Crippen molar-refractivity contribution in [2.75, 3.05) is 13.7 Å². The Morgan fingerprint density at radius 2 is 1.40 bits per heavy atom. The maximum absolute atomic E-state index is 11.8. The molecule has 0 N–H and O–H groups in total. The Bertz CT molecular complexity index is 367. The summed E-state index contributed by atoms with van der Waals surface area (Å²) < 4.78 is 15.8. The van der Waals surface area contributed by atoms with E-state index in [0.29, 0.717) is 25.4 Å². The van der Waals surface area contributed by atoms with Gasteiger partial charge < -0.3 is 14.2 Å². The molecule has 5 nitrogen and oxygen atoms in total. The summed E-state index contributed by atoms with van der Waals surface area (Å²) in [6.07, 6.45) is 4.79. The Hall–Kier alpha value is -1.10. The van der Waals surface area contributed by atoms with Crippen molar-refractivity contribution >= 4 is 11.9 Å². The van der Waals surface area contributed by atoms with Crippen LogP contribution in [0.5, 0.6) is 0 Å². The second-order valence-electron chi connectivity index (χ2n) is 7.44. The molecule has 25 heavy (non-hydrogen) atoms. The monoisotopic (exact) mass is 358 g/mol. The predicted octanol–water partition coefficient (Wildman–Crippen LogP) is 4.52. The molecule has 3 atom stereocenters. The van der Waals surface area contributed by atoms with Crippen molar-refractivity contribution in [2.24, 2.45) is 11.8 Å². The van der Waals surface area contributed by atoms with E-state index in [1.807, 2.05) is 13.8 Å². The van der Waals surface area contributed by atoms with E-state index >= 15 is 0 Å². The van der Waals surface area contributed by atoms with Gasteiger partial charge in [-0.15, -0.1) is 0 Å². The third-order valence-corrected chi connectivity index (χ3v) is 4.29. The lowest BCUT2D eigenvalue weighted by molar-refractivity contribution is -0.151. The smallest absolute Gasteiger partial charge is 0.306 e. The first-order valence-corrected chi connectivity index (χ1v) is 9.64. The Morgan fingerprint density at radius 1 is 0.840 bits per heavy atom. The van der Waals surface area contributed by atoms with Crippen LogP contribution in [0, 0.1) is 11.8 Å². The average Bonchev–Trinajstić information content (AvgIpc) is 2.50. The fraction of sp³-hybridized carbons (Fsp3) is 0.900. The Morgan fingerprint density at radius 3 is 1.92 bits per heavy atom. The van der Waals surface area contributed by atoms with Crippen LogP contribution >= 0.6 is 0 Å². The van der Waals surface area contributed by atoms with Gasteiger partial charge in [0.25, 0.3) is 0 Å². The molecule has 0 aliphatic carbocycles. The van der Waals surface area contributed by atoms with Crippen molar-refractivity contribution in [3.8, 4) is 0 Å². The maximum atomic E-state index is 11.8. The molecule has 0 saturated carbocycles. The zero-order valence-corrected chi connectivity index (χ0v) is 17.0. The Balaban J connectivity index is 3.73. The van der Waals surface area contributed by atoms with Gasteiger partial charge >= 0.3 is 11.9 Å². The van der Waals surface area contributed by atoms with Crippen LogP contribution in [-0.2, 0) is 23.8 Å². The summed E-state index contributed by atoms with van der Waals surface area (Å²) in [7, 11) is 1.67. The van der Waals surface area contributed by atoms with Crippen LogP contribution in [0.4, 0.5) is 0 Å². The van der Waals surface area contributed by atoms with Crippen LogP contribution < -0.4 is 0 Å². The molecule has 5 heteroatoms. The van der Waals surface area contributed by atoms with Gasteiger partial charge in [0.05, 0.1) is 6.10 Å². The van der Waals surface area contributed by atoms with Crippen LogP contribution in [-0.4, -0.2) is 37.9 Å². The molecule has 148 valence electrons.